The molecule has 1 unspecified atom stereocenters. The molecule has 18 heavy (non-hydrogen) atoms. The number of rotatable bonds is 4. The number of halogens is 2. The molecule has 2 rings (SSSR count). The fraction of sp³-hybridized carbons (Fsp3) is 0.462. The summed E-state index contributed by atoms with van der Waals surface area (Å²) in [5, 5.41) is 7.00. The molecule has 1 aromatic carbocycles. The fourth-order valence-electron chi connectivity index (χ4n) is 2.02. The third-order valence-electron chi connectivity index (χ3n) is 2.99. The topological polar surface area (TPSA) is 41.1 Å². The Morgan fingerprint density at radius 2 is 2.11 bits per heavy atom. The molecule has 1 heterocycles. The predicted octanol–water partition coefficient (Wildman–Crippen LogP) is 2.17. The minimum Gasteiger partial charge on any atom is -0.354 e. The van der Waals surface area contributed by atoms with Gasteiger partial charge >= 0.3 is 0 Å². The van der Waals surface area contributed by atoms with E-state index in [-0.39, 0.29) is 18.3 Å². The van der Waals surface area contributed by atoms with Crippen molar-refractivity contribution >= 4 is 29.9 Å². The molecular formula is C13H18Cl2N2O. The summed E-state index contributed by atoms with van der Waals surface area (Å²) >= 11 is 5.79. The van der Waals surface area contributed by atoms with Gasteiger partial charge in [-0.25, -0.2) is 0 Å². The van der Waals surface area contributed by atoms with E-state index in [0.717, 1.165) is 25.1 Å². The summed E-state index contributed by atoms with van der Waals surface area (Å²) in [6.45, 7) is 1.80. The Morgan fingerprint density at radius 1 is 1.39 bits per heavy atom. The van der Waals surface area contributed by atoms with Gasteiger partial charge in [0, 0.05) is 17.6 Å². The first-order valence-electron chi connectivity index (χ1n) is 5.98. The Labute approximate surface area is 119 Å². The molecule has 0 aliphatic carbocycles. The molecule has 100 valence electrons. The Morgan fingerprint density at radius 3 is 2.72 bits per heavy atom. The van der Waals surface area contributed by atoms with Crippen LogP contribution in [-0.4, -0.2) is 25.0 Å². The van der Waals surface area contributed by atoms with Crippen molar-refractivity contribution in [1.82, 2.24) is 10.6 Å². The molecule has 1 atom stereocenters. The van der Waals surface area contributed by atoms with E-state index in [4.69, 9.17) is 11.6 Å². The first-order chi connectivity index (χ1) is 8.24. The van der Waals surface area contributed by atoms with Crippen LogP contribution >= 0.6 is 24.0 Å². The van der Waals surface area contributed by atoms with Crippen molar-refractivity contribution in [3.8, 4) is 0 Å². The van der Waals surface area contributed by atoms with Crippen LogP contribution in [0.4, 0.5) is 0 Å². The number of carbonyl (C=O) groups excluding carboxylic acids is 1. The number of carbonyl (C=O) groups is 1. The molecular weight excluding hydrogens is 271 g/mol. The molecule has 0 bridgehead atoms. The predicted molar refractivity (Wildman–Crippen MR) is 76.4 cm³/mol. The molecule has 0 saturated carbocycles. The number of hydrogen-bond acceptors (Lipinski definition) is 2. The van der Waals surface area contributed by atoms with Crippen LogP contribution in [0, 0.1) is 0 Å². The van der Waals surface area contributed by atoms with E-state index in [2.05, 4.69) is 10.6 Å². The molecule has 1 fully saturated rings. The molecule has 0 radical (unpaired) electrons. The lowest BCUT2D eigenvalue weighted by Gasteiger charge is -2.11. The van der Waals surface area contributed by atoms with E-state index in [1.807, 2.05) is 24.3 Å². The smallest absolute Gasteiger partial charge is 0.224 e. The maximum Gasteiger partial charge on any atom is 0.224 e. The van der Waals surface area contributed by atoms with Crippen molar-refractivity contribution in [2.24, 2.45) is 0 Å². The maximum atomic E-state index is 11.7. The van der Waals surface area contributed by atoms with E-state index < -0.39 is 0 Å². The van der Waals surface area contributed by atoms with Gasteiger partial charge in [-0.05, 0) is 37.1 Å². The molecule has 3 nitrogen and oxygen atoms in total. The van der Waals surface area contributed by atoms with Gasteiger partial charge in [0.1, 0.15) is 0 Å². The van der Waals surface area contributed by atoms with Crippen molar-refractivity contribution < 1.29 is 4.79 Å². The molecule has 0 aromatic heterocycles. The second-order valence-corrected chi connectivity index (χ2v) is 4.84. The zero-order valence-corrected chi connectivity index (χ0v) is 11.7. The van der Waals surface area contributed by atoms with E-state index in [1.54, 1.807) is 0 Å². The van der Waals surface area contributed by atoms with E-state index in [0.29, 0.717) is 17.5 Å². The summed E-state index contributed by atoms with van der Waals surface area (Å²) in [6.07, 6.45) is 2.78. The van der Waals surface area contributed by atoms with E-state index in [1.165, 1.54) is 6.42 Å². The average molecular weight is 289 g/mol. The highest BCUT2D eigenvalue weighted by Crippen LogP contribution is 2.10. The van der Waals surface area contributed by atoms with E-state index in [9.17, 15) is 4.79 Å². The monoisotopic (exact) mass is 288 g/mol. The average Bonchev–Trinajstić information content (AvgIpc) is 2.83. The normalized spacial score (nSPS) is 18.2. The second kappa shape index (κ2) is 7.62. The van der Waals surface area contributed by atoms with Crippen LogP contribution in [0.3, 0.4) is 0 Å². The van der Waals surface area contributed by atoms with Crippen LogP contribution < -0.4 is 10.6 Å². The van der Waals surface area contributed by atoms with Crippen LogP contribution in [0.5, 0.6) is 0 Å². The lowest BCUT2D eigenvalue weighted by Crippen LogP contribution is -2.37. The first-order valence-corrected chi connectivity index (χ1v) is 6.36. The molecule has 0 spiro atoms. The third-order valence-corrected chi connectivity index (χ3v) is 3.24. The molecule has 1 aromatic rings. The van der Waals surface area contributed by atoms with E-state index >= 15 is 0 Å². The fourth-order valence-corrected chi connectivity index (χ4v) is 2.14. The van der Waals surface area contributed by atoms with Gasteiger partial charge in [-0.3, -0.25) is 4.79 Å². The minimum absolute atomic E-state index is 0. The lowest BCUT2D eigenvalue weighted by molar-refractivity contribution is -0.120. The van der Waals surface area contributed by atoms with Gasteiger partial charge in [0.05, 0.1) is 6.42 Å². The maximum absolute atomic E-state index is 11.7. The van der Waals surface area contributed by atoms with Gasteiger partial charge in [-0.1, -0.05) is 23.7 Å². The van der Waals surface area contributed by atoms with Crippen molar-refractivity contribution in [2.45, 2.75) is 25.3 Å². The summed E-state index contributed by atoms with van der Waals surface area (Å²) in [7, 11) is 0. The molecule has 1 aliphatic heterocycles. The number of nitrogens with one attached hydrogen (secondary N) is 2. The lowest BCUT2D eigenvalue weighted by atomic mass is 10.1. The molecule has 1 saturated heterocycles. The highest BCUT2D eigenvalue weighted by molar-refractivity contribution is 6.30. The van der Waals surface area contributed by atoms with Crippen LogP contribution in [0.2, 0.25) is 5.02 Å². The highest BCUT2D eigenvalue weighted by Gasteiger charge is 2.14. The highest BCUT2D eigenvalue weighted by atomic mass is 35.5. The number of hydrogen-bond donors (Lipinski definition) is 2. The van der Waals surface area contributed by atoms with Gasteiger partial charge in [0.25, 0.3) is 0 Å². The quantitative estimate of drug-likeness (QED) is 0.892. The second-order valence-electron chi connectivity index (χ2n) is 4.40. The van der Waals surface area contributed by atoms with Gasteiger partial charge in [-0.2, -0.15) is 0 Å². The summed E-state index contributed by atoms with van der Waals surface area (Å²) in [4.78, 5) is 11.7. The van der Waals surface area contributed by atoms with Crippen LogP contribution in [0.25, 0.3) is 0 Å². The number of amides is 1. The SMILES string of the molecule is Cl.O=C(Cc1ccc(Cl)cc1)NCC1CCCN1. The zero-order chi connectivity index (χ0) is 12.1. The Hall–Kier alpha value is -0.770. The van der Waals surface area contributed by atoms with Crippen molar-refractivity contribution in [3.05, 3.63) is 34.9 Å². The molecule has 1 aliphatic rings. The first kappa shape index (κ1) is 15.3. The summed E-state index contributed by atoms with van der Waals surface area (Å²) < 4.78 is 0. The minimum atomic E-state index is 0. The van der Waals surface area contributed by atoms with Crippen molar-refractivity contribution in [2.75, 3.05) is 13.1 Å². The van der Waals surface area contributed by atoms with Gasteiger partial charge in [-0.15, -0.1) is 12.4 Å². The van der Waals surface area contributed by atoms with Crippen LogP contribution in [0.15, 0.2) is 24.3 Å². The summed E-state index contributed by atoms with van der Waals surface area (Å²) in [5.74, 6) is 0.0704. The zero-order valence-electron chi connectivity index (χ0n) is 10.1. The van der Waals surface area contributed by atoms with Crippen LogP contribution in [0.1, 0.15) is 18.4 Å². The van der Waals surface area contributed by atoms with Crippen molar-refractivity contribution in [1.29, 1.82) is 0 Å². The summed E-state index contributed by atoms with van der Waals surface area (Å²) in [6, 6.07) is 7.83. The van der Waals surface area contributed by atoms with Crippen molar-refractivity contribution in [3.63, 3.8) is 0 Å². The third kappa shape index (κ3) is 4.84. The Kier molecular flexibility index (Phi) is 6.47. The standard InChI is InChI=1S/C13H17ClN2O.ClH/c14-11-5-3-10(4-6-11)8-13(17)16-9-12-2-1-7-15-12;/h3-6,12,15H,1-2,7-9H2,(H,16,17);1H. The Balaban J connectivity index is 0.00000162. The molecule has 2 N–H and O–H groups in total. The van der Waals surface area contributed by atoms with Gasteiger partial charge in [0.15, 0.2) is 0 Å². The Bertz CT molecular complexity index is 375. The largest absolute Gasteiger partial charge is 0.354 e. The number of benzene rings is 1. The van der Waals surface area contributed by atoms with Crippen LogP contribution in [-0.2, 0) is 11.2 Å². The molecule has 5 heteroatoms. The van der Waals surface area contributed by atoms with Gasteiger partial charge < -0.3 is 10.6 Å². The molecule has 1 amide bonds. The van der Waals surface area contributed by atoms with Gasteiger partial charge in [0.2, 0.25) is 5.91 Å². The summed E-state index contributed by atoms with van der Waals surface area (Å²) in [5.41, 5.74) is 0.992.